The van der Waals surface area contributed by atoms with Crippen LogP contribution in [0.25, 0.3) is 11.4 Å². The number of benzene rings is 1. The summed E-state index contributed by atoms with van der Waals surface area (Å²) in [5, 5.41) is 12.6. The Bertz CT molecular complexity index is 987. The minimum Gasteiger partial charge on any atom is -0.341 e. The number of carbonyl (C=O) groups is 2. The smallest absolute Gasteiger partial charge is 0.321 e. The highest BCUT2D eigenvalue weighted by molar-refractivity contribution is 7.99. The van der Waals surface area contributed by atoms with E-state index in [1.807, 2.05) is 0 Å². The summed E-state index contributed by atoms with van der Waals surface area (Å²) in [6.45, 7) is 4.25. The summed E-state index contributed by atoms with van der Waals surface area (Å²) < 4.78 is 28.0. The van der Waals surface area contributed by atoms with Crippen molar-refractivity contribution in [3.05, 3.63) is 24.3 Å². The average molecular weight is 442 g/mol. The lowest BCUT2D eigenvalue weighted by Gasteiger charge is -2.18. The first kappa shape index (κ1) is 22.6. The third-order valence-electron chi connectivity index (χ3n) is 3.91. The molecule has 2 aromatic rings. The van der Waals surface area contributed by atoms with E-state index in [2.05, 4.69) is 20.8 Å². The van der Waals surface area contributed by atoms with Crippen LogP contribution in [0.5, 0.6) is 0 Å². The Hall–Kier alpha value is -2.64. The standard InChI is InChI=1S/C16H23N7O4S2/c1-4-22(5-2)29(26,27)12-8-6-7-11(9-12)14-20-21-16(23(14)17)28-10-13(24)19-15(25)18-3/h6-9H,4-5,10,17H2,1-3H3,(H2,18,19,24,25). The molecule has 0 atom stereocenters. The Morgan fingerprint density at radius 2 is 1.93 bits per heavy atom. The number of thioether (sulfide) groups is 1. The first-order chi connectivity index (χ1) is 13.7. The first-order valence-electron chi connectivity index (χ1n) is 8.70. The lowest BCUT2D eigenvalue weighted by molar-refractivity contribution is -0.117. The van der Waals surface area contributed by atoms with Gasteiger partial charge in [0, 0.05) is 25.7 Å². The van der Waals surface area contributed by atoms with Crippen molar-refractivity contribution in [2.45, 2.75) is 23.9 Å². The zero-order valence-electron chi connectivity index (χ0n) is 16.2. The number of nitrogens with zero attached hydrogens (tertiary/aromatic N) is 4. The molecule has 0 aliphatic carbocycles. The van der Waals surface area contributed by atoms with Gasteiger partial charge >= 0.3 is 6.03 Å². The van der Waals surface area contributed by atoms with E-state index < -0.39 is 22.0 Å². The van der Waals surface area contributed by atoms with Crippen molar-refractivity contribution in [3.63, 3.8) is 0 Å². The lowest BCUT2D eigenvalue weighted by atomic mass is 10.2. The van der Waals surface area contributed by atoms with Crippen LogP contribution in [0.1, 0.15) is 13.8 Å². The van der Waals surface area contributed by atoms with Crippen LogP contribution in [0.15, 0.2) is 34.3 Å². The highest BCUT2D eigenvalue weighted by Gasteiger charge is 2.23. The largest absolute Gasteiger partial charge is 0.341 e. The molecule has 0 radical (unpaired) electrons. The molecule has 3 amide bonds. The quantitative estimate of drug-likeness (QED) is 0.389. The van der Waals surface area contributed by atoms with E-state index in [1.165, 1.54) is 28.2 Å². The summed E-state index contributed by atoms with van der Waals surface area (Å²) in [7, 11) is -2.24. The minimum absolute atomic E-state index is 0.0981. The van der Waals surface area contributed by atoms with E-state index in [1.54, 1.807) is 26.0 Å². The molecule has 158 valence electrons. The number of hydrogen-bond donors (Lipinski definition) is 3. The molecule has 4 N–H and O–H groups in total. The number of urea groups is 1. The molecular weight excluding hydrogens is 418 g/mol. The van der Waals surface area contributed by atoms with Gasteiger partial charge in [0.15, 0.2) is 5.82 Å². The Balaban J connectivity index is 2.23. The fourth-order valence-corrected chi connectivity index (χ4v) is 4.60. The molecule has 1 aromatic carbocycles. The van der Waals surface area contributed by atoms with Gasteiger partial charge in [0.05, 0.1) is 10.6 Å². The molecule has 11 nitrogen and oxygen atoms in total. The Kier molecular flexibility index (Phi) is 7.59. The van der Waals surface area contributed by atoms with Gasteiger partial charge < -0.3 is 11.2 Å². The molecule has 13 heteroatoms. The fraction of sp³-hybridized carbons (Fsp3) is 0.375. The van der Waals surface area contributed by atoms with Crippen LogP contribution in [0.3, 0.4) is 0 Å². The van der Waals surface area contributed by atoms with Crippen LogP contribution in [0.2, 0.25) is 0 Å². The summed E-state index contributed by atoms with van der Waals surface area (Å²) in [5.74, 6) is 5.65. The number of nitrogens with two attached hydrogens (primary N) is 1. The van der Waals surface area contributed by atoms with Crippen molar-refractivity contribution >= 4 is 33.7 Å². The van der Waals surface area contributed by atoms with E-state index in [-0.39, 0.29) is 21.6 Å². The summed E-state index contributed by atoms with van der Waals surface area (Å²) in [6.07, 6.45) is 0. The molecular formula is C16H23N7O4S2. The van der Waals surface area contributed by atoms with Gasteiger partial charge in [-0.15, -0.1) is 10.2 Å². The van der Waals surface area contributed by atoms with Crippen molar-refractivity contribution in [1.29, 1.82) is 0 Å². The average Bonchev–Trinajstić information content (AvgIpc) is 3.07. The van der Waals surface area contributed by atoms with E-state index in [9.17, 15) is 18.0 Å². The second-order valence-electron chi connectivity index (χ2n) is 5.71. The van der Waals surface area contributed by atoms with Crippen LogP contribution < -0.4 is 16.5 Å². The zero-order chi connectivity index (χ0) is 21.6. The second kappa shape index (κ2) is 9.71. The lowest BCUT2D eigenvalue weighted by Crippen LogP contribution is -2.38. The molecule has 0 aliphatic heterocycles. The van der Waals surface area contributed by atoms with Gasteiger partial charge in [-0.25, -0.2) is 17.9 Å². The highest BCUT2D eigenvalue weighted by Crippen LogP contribution is 2.25. The monoisotopic (exact) mass is 441 g/mol. The van der Waals surface area contributed by atoms with Crippen molar-refractivity contribution in [2.24, 2.45) is 0 Å². The van der Waals surface area contributed by atoms with Gasteiger partial charge in [-0.3, -0.25) is 10.1 Å². The van der Waals surface area contributed by atoms with Gasteiger partial charge in [-0.1, -0.05) is 37.7 Å². The number of amides is 3. The number of hydrogen-bond acceptors (Lipinski definition) is 8. The number of imide groups is 1. The van der Waals surface area contributed by atoms with Gasteiger partial charge in [0.2, 0.25) is 21.1 Å². The van der Waals surface area contributed by atoms with Crippen molar-refractivity contribution in [2.75, 3.05) is 31.7 Å². The summed E-state index contributed by atoms with van der Waals surface area (Å²) in [6, 6.07) is 5.64. The molecule has 0 spiro atoms. The number of carbonyl (C=O) groups excluding carboxylic acids is 2. The van der Waals surface area contributed by atoms with Gasteiger partial charge in [0.1, 0.15) is 0 Å². The number of sulfonamides is 1. The Morgan fingerprint density at radius 3 is 2.55 bits per heavy atom. The molecule has 0 fully saturated rings. The minimum atomic E-state index is -3.63. The highest BCUT2D eigenvalue weighted by atomic mass is 32.2. The molecule has 29 heavy (non-hydrogen) atoms. The van der Waals surface area contributed by atoms with Gasteiger partial charge in [-0.05, 0) is 12.1 Å². The van der Waals surface area contributed by atoms with E-state index >= 15 is 0 Å². The Morgan fingerprint density at radius 1 is 1.24 bits per heavy atom. The maximum absolute atomic E-state index is 12.7. The van der Waals surface area contributed by atoms with Gasteiger partial charge in [-0.2, -0.15) is 4.31 Å². The predicted octanol–water partition coefficient (Wildman–Crippen LogP) is 0.237. The first-order valence-corrected chi connectivity index (χ1v) is 11.1. The molecule has 0 saturated heterocycles. The Labute approximate surface area is 173 Å². The van der Waals surface area contributed by atoms with E-state index in [4.69, 9.17) is 5.84 Å². The van der Waals surface area contributed by atoms with Crippen LogP contribution in [-0.2, 0) is 14.8 Å². The van der Waals surface area contributed by atoms with Crippen molar-refractivity contribution < 1.29 is 18.0 Å². The topological polar surface area (TPSA) is 152 Å². The third kappa shape index (κ3) is 5.25. The molecule has 0 unspecified atom stereocenters. The fourth-order valence-electron chi connectivity index (χ4n) is 2.44. The maximum atomic E-state index is 12.7. The van der Waals surface area contributed by atoms with Crippen molar-refractivity contribution in [3.8, 4) is 11.4 Å². The summed E-state index contributed by atoms with van der Waals surface area (Å²) in [5.41, 5.74) is 0.467. The van der Waals surface area contributed by atoms with Gasteiger partial charge in [0.25, 0.3) is 0 Å². The normalized spacial score (nSPS) is 11.4. The molecule has 0 bridgehead atoms. The van der Waals surface area contributed by atoms with Crippen LogP contribution in [0, 0.1) is 0 Å². The second-order valence-corrected chi connectivity index (χ2v) is 8.59. The molecule has 0 aliphatic rings. The molecule has 2 rings (SSSR count). The van der Waals surface area contributed by atoms with Crippen LogP contribution in [-0.4, -0.2) is 65.4 Å². The number of nitrogens with one attached hydrogen (secondary N) is 2. The summed E-state index contributed by atoms with van der Waals surface area (Å²) in [4.78, 5) is 22.9. The SMILES string of the molecule is CCN(CC)S(=O)(=O)c1cccc(-c2nnc(SCC(=O)NC(=O)NC)n2N)c1. The zero-order valence-corrected chi connectivity index (χ0v) is 17.9. The van der Waals surface area contributed by atoms with Crippen LogP contribution >= 0.6 is 11.8 Å². The molecule has 1 aromatic heterocycles. The summed E-state index contributed by atoms with van der Waals surface area (Å²) >= 11 is 0.991. The van der Waals surface area contributed by atoms with E-state index in [0.717, 1.165) is 11.8 Å². The number of nitrogen functional groups attached to an aromatic ring is 1. The molecule has 1 heterocycles. The number of aromatic nitrogens is 3. The van der Waals surface area contributed by atoms with E-state index in [0.29, 0.717) is 18.7 Å². The maximum Gasteiger partial charge on any atom is 0.321 e. The van der Waals surface area contributed by atoms with Crippen molar-refractivity contribution in [1.82, 2.24) is 29.8 Å². The van der Waals surface area contributed by atoms with Crippen LogP contribution in [0.4, 0.5) is 4.79 Å². The molecule has 0 saturated carbocycles. The predicted molar refractivity (Wildman–Crippen MR) is 109 cm³/mol. The number of rotatable bonds is 8. The third-order valence-corrected chi connectivity index (χ3v) is 6.90.